The summed E-state index contributed by atoms with van der Waals surface area (Å²) in [5, 5.41) is 0.789. The molecule has 2 heterocycles. The molecule has 1 fully saturated rings. The van der Waals surface area contributed by atoms with Crippen LogP contribution in [0, 0.1) is 0 Å². The van der Waals surface area contributed by atoms with Crippen molar-refractivity contribution in [2.45, 2.75) is 19.4 Å². The zero-order valence-electron chi connectivity index (χ0n) is 16.4. The van der Waals surface area contributed by atoms with Crippen LogP contribution in [-0.2, 0) is 20.9 Å². The number of aromatic nitrogens is 1. The molecule has 4 rings (SSSR count). The van der Waals surface area contributed by atoms with Crippen molar-refractivity contribution in [3.05, 3.63) is 56.8 Å². The summed E-state index contributed by atoms with van der Waals surface area (Å²) in [5.74, 6) is -1.05. The third kappa shape index (κ3) is 4.16. The fourth-order valence-corrected chi connectivity index (χ4v) is 4.91. The number of methoxy groups -OCH3 is 1. The summed E-state index contributed by atoms with van der Waals surface area (Å²) >= 11 is 13.9. The quantitative estimate of drug-likeness (QED) is 0.519. The zero-order valence-corrected chi connectivity index (χ0v) is 18.8. The summed E-state index contributed by atoms with van der Waals surface area (Å²) in [6.45, 7) is 0.824. The van der Waals surface area contributed by atoms with Gasteiger partial charge < -0.3 is 9.30 Å². The molecule has 3 aromatic rings. The molecule has 1 saturated heterocycles. The number of halogens is 2. The molecule has 0 unspecified atom stereocenters. The maximum absolute atomic E-state index is 12.9. The lowest BCUT2D eigenvalue weighted by molar-refractivity contribution is -0.121. The fraction of sp³-hybridized carbons (Fsp3) is 0.238. The molecule has 31 heavy (non-hydrogen) atoms. The molecular formula is C21H17Cl2N3O4S. The van der Waals surface area contributed by atoms with E-state index in [0.717, 1.165) is 9.60 Å². The Morgan fingerprint density at radius 1 is 1.16 bits per heavy atom. The Morgan fingerprint density at radius 3 is 2.61 bits per heavy atom. The van der Waals surface area contributed by atoms with E-state index in [4.69, 9.17) is 27.9 Å². The van der Waals surface area contributed by atoms with Gasteiger partial charge in [-0.05, 0) is 30.3 Å². The van der Waals surface area contributed by atoms with E-state index in [0.29, 0.717) is 39.2 Å². The Balaban J connectivity index is 1.78. The second-order valence-electron chi connectivity index (χ2n) is 6.83. The van der Waals surface area contributed by atoms with Gasteiger partial charge in [0.2, 0.25) is 11.8 Å². The number of carbonyl (C=O) groups is 3. The van der Waals surface area contributed by atoms with Crippen molar-refractivity contribution in [1.29, 1.82) is 0 Å². The van der Waals surface area contributed by atoms with Crippen molar-refractivity contribution in [3.63, 3.8) is 0 Å². The van der Waals surface area contributed by atoms with Crippen molar-refractivity contribution in [2.75, 3.05) is 18.6 Å². The first-order chi connectivity index (χ1) is 14.9. The first-order valence-electron chi connectivity index (χ1n) is 9.42. The first kappa shape index (κ1) is 21.7. The molecule has 160 valence electrons. The van der Waals surface area contributed by atoms with E-state index in [9.17, 15) is 14.4 Å². The topological polar surface area (TPSA) is 81.0 Å². The third-order valence-electron chi connectivity index (χ3n) is 4.85. The molecule has 0 spiro atoms. The van der Waals surface area contributed by atoms with E-state index < -0.39 is 5.91 Å². The summed E-state index contributed by atoms with van der Waals surface area (Å²) in [5.41, 5.74) is 1.32. The molecule has 0 saturated carbocycles. The van der Waals surface area contributed by atoms with Crippen LogP contribution in [0.15, 0.2) is 41.4 Å². The summed E-state index contributed by atoms with van der Waals surface area (Å²) in [6.07, 6.45) is 0.345. The number of benzene rings is 2. The predicted molar refractivity (Wildman–Crippen MR) is 120 cm³/mol. The van der Waals surface area contributed by atoms with Crippen LogP contribution in [0.1, 0.15) is 23.2 Å². The van der Waals surface area contributed by atoms with Crippen molar-refractivity contribution < 1.29 is 19.1 Å². The lowest BCUT2D eigenvalue weighted by atomic mass is 10.2. The second kappa shape index (κ2) is 8.92. The average molecular weight is 478 g/mol. The molecule has 0 bridgehead atoms. The fourth-order valence-electron chi connectivity index (χ4n) is 3.37. The van der Waals surface area contributed by atoms with Gasteiger partial charge in [-0.2, -0.15) is 4.99 Å². The summed E-state index contributed by atoms with van der Waals surface area (Å²) in [6, 6.07) is 9.87. The number of nitrogens with zero attached hydrogens (tertiary/aromatic N) is 3. The van der Waals surface area contributed by atoms with E-state index in [2.05, 4.69) is 4.99 Å². The van der Waals surface area contributed by atoms with Gasteiger partial charge in [0.1, 0.15) is 0 Å². The highest BCUT2D eigenvalue weighted by Gasteiger charge is 2.30. The third-order valence-corrected chi connectivity index (χ3v) is 6.69. The molecule has 0 aliphatic carbocycles. The molecule has 3 amide bonds. The van der Waals surface area contributed by atoms with Gasteiger partial charge >= 0.3 is 0 Å². The Bertz CT molecular complexity index is 1270. The van der Waals surface area contributed by atoms with Crippen molar-refractivity contribution in [3.8, 4) is 0 Å². The minimum absolute atomic E-state index is 0.173. The maximum Gasteiger partial charge on any atom is 0.279 e. The van der Waals surface area contributed by atoms with Gasteiger partial charge in [0.05, 0.1) is 32.6 Å². The number of ether oxygens (including phenoxy) is 1. The van der Waals surface area contributed by atoms with Crippen LogP contribution in [0.4, 0.5) is 5.69 Å². The number of hydrogen-bond donors (Lipinski definition) is 0. The minimum atomic E-state index is -0.499. The van der Waals surface area contributed by atoms with Crippen LogP contribution < -0.4 is 9.70 Å². The molecule has 0 N–H and O–H groups in total. The summed E-state index contributed by atoms with van der Waals surface area (Å²) in [4.78, 5) is 42.8. The van der Waals surface area contributed by atoms with Gasteiger partial charge in [-0.3, -0.25) is 19.3 Å². The van der Waals surface area contributed by atoms with Gasteiger partial charge in [0.25, 0.3) is 5.91 Å². The van der Waals surface area contributed by atoms with Crippen molar-refractivity contribution >= 4 is 68.2 Å². The smallest absolute Gasteiger partial charge is 0.279 e. The highest BCUT2D eigenvalue weighted by atomic mass is 35.5. The zero-order chi connectivity index (χ0) is 22.1. The van der Waals surface area contributed by atoms with Gasteiger partial charge in [0, 0.05) is 32.1 Å². The number of thiazole rings is 1. The number of fused-ring (bicyclic) bond motifs is 1. The van der Waals surface area contributed by atoms with Crippen molar-refractivity contribution in [1.82, 2.24) is 4.57 Å². The molecule has 0 radical (unpaired) electrons. The van der Waals surface area contributed by atoms with Gasteiger partial charge in [-0.25, -0.2) is 0 Å². The van der Waals surface area contributed by atoms with E-state index in [1.807, 2.05) is 6.07 Å². The Morgan fingerprint density at radius 2 is 1.90 bits per heavy atom. The van der Waals surface area contributed by atoms with E-state index in [1.165, 1.54) is 17.4 Å². The normalized spacial score (nSPS) is 14.8. The van der Waals surface area contributed by atoms with E-state index in [-0.39, 0.29) is 30.2 Å². The van der Waals surface area contributed by atoms with Crippen LogP contribution in [0.5, 0.6) is 0 Å². The van der Waals surface area contributed by atoms with E-state index >= 15 is 0 Å². The van der Waals surface area contributed by atoms with Crippen LogP contribution in [-0.4, -0.2) is 36.0 Å². The molecule has 10 heteroatoms. The number of anilines is 1. The molecule has 7 nitrogen and oxygen atoms in total. The number of rotatable bonds is 5. The van der Waals surface area contributed by atoms with Gasteiger partial charge in [0.15, 0.2) is 4.80 Å². The molecule has 0 atom stereocenters. The highest BCUT2D eigenvalue weighted by Crippen LogP contribution is 2.32. The van der Waals surface area contributed by atoms with Gasteiger partial charge in [-0.1, -0.05) is 40.6 Å². The Hall–Kier alpha value is -2.52. The van der Waals surface area contributed by atoms with Crippen LogP contribution in [0.2, 0.25) is 10.0 Å². The van der Waals surface area contributed by atoms with Crippen LogP contribution in [0.25, 0.3) is 10.2 Å². The summed E-state index contributed by atoms with van der Waals surface area (Å²) in [7, 11) is 1.58. The largest absolute Gasteiger partial charge is 0.383 e. The lowest BCUT2D eigenvalue weighted by Gasteiger charge is -2.14. The molecule has 1 aromatic heterocycles. The maximum atomic E-state index is 12.9. The minimum Gasteiger partial charge on any atom is -0.383 e. The molecule has 1 aliphatic rings. The number of hydrogen-bond acceptors (Lipinski definition) is 5. The molecule has 2 aromatic carbocycles. The van der Waals surface area contributed by atoms with E-state index in [1.54, 1.807) is 35.9 Å². The van der Waals surface area contributed by atoms with Crippen molar-refractivity contribution in [2.24, 2.45) is 4.99 Å². The lowest BCUT2D eigenvalue weighted by Crippen LogP contribution is -2.28. The van der Waals surface area contributed by atoms with Gasteiger partial charge in [-0.15, -0.1) is 0 Å². The predicted octanol–water partition coefficient (Wildman–Crippen LogP) is 4.05. The standard InChI is InChI=1S/C21H17Cl2N3O4S/c1-30-10-9-25-19-15(6-5-14(22)18(19)23)31-21(25)24-20(29)12-3-2-4-13(11-12)26-16(27)7-8-17(26)28/h2-6,11H,7-10H2,1H3. The second-order valence-corrected chi connectivity index (χ2v) is 8.62. The number of amides is 3. The Kier molecular flexibility index (Phi) is 6.24. The molecular weight excluding hydrogens is 461 g/mol. The number of imide groups is 1. The highest BCUT2D eigenvalue weighted by molar-refractivity contribution is 7.16. The average Bonchev–Trinajstić information content (AvgIpc) is 3.28. The Labute approximate surface area is 191 Å². The number of carbonyl (C=O) groups excluding carboxylic acids is 3. The summed E-state index contributed by atoms with van der Waals surface area (Å²) < 4.78 is 7.81. The SMILES string of the molecule is COCCn1c(=NC(=O)c2cccc(N3C(=O)CCC3=O)c2)sc2ccc(Cl)c(Cl)c21. The molecule has 1 aliphatic heterocycles. The van der Waals surface area contributed by atoms with Crippen LogP contribution in [0.3, 0.4) is 0 Å². The van der Waals surface area contributed by atoms with Crippen LogP contribution >= 0.6 is 34.5 Å². The first-order valence-corrected chi connectivity index (χ1v) is 11.0. The monoisotopic (exact) mass is 477 g/mol.